The highest BCUT2D eigenvalue weighted by atomic mass is 79.9. The van der Waals surface area contributed by atoms with E-state index >= 15 is 0 Å². The van der Waals surface area contributed by atoms with Crippen LogP contribution in [0, 0.1) is 5.92 Å². The zero-order valence-electron chi connectivity index (χ0n) is 12.4. The van der Waals surface area contributed by atoms with Crippen molar-refractivity contribution in [2.45, 2.75) is 33.6 Å². The lowest BCUT2D eigenvalue weighted by Crippen LogP contribution is -2.18. The Morgan fingerprint density at radius 3 is 2.86 bits per heavy atom. The second kappa shape index (κ2) is 8.63. The van der Waals surface area contributed by atoms with Gasteiger partial charge < -0.3 is 10.1 Å². The minimum atomic E-state index is 0.558. The van der Waals surface area contributed by atoms with Gasteiger partial charge in [-0.2, -0.15) is 0 Å². The molecule has 0 amide bonds. The summed E-state index contributed by atoms with van der Waals surface area (Å²) in [6.07, 6.45) is 0. The molecule has 0 atom stereocenters. The first-order valence-electron chi connectivity index (χ1n) is 7.10. The second-order valence-corrected chi connectivity index (χ2v) is 7.14. The molecule has 0 aliphatic heterocycles. The average Bonchev–Trinajstić information content (AvgIpc) is 2.88. The standard InChI is InChI=1S/C16H21BrN2OS/c1-12(2)7-18-8-16-19-14(11-21-16)10-20-9-13-5-3-4-6-15(13)17/h3-6,11-12,18H,7-10H2,1-2H3. The fourth-order valence-corrected chi connectivity index (χ4v) is 2.99. The number of hydrogen-bond acceptors (Lipinski definition) is 4. The van der Waals surface area contributed by atoms with E-state index in [0.29, 0.717) is 19.1 Å². The van der Waals surface area contributed by atoms with E-state index in [2.05, 4.69) is 51.5 Å². The lowest BCUT2D eigenvalue weighted by molar-refractivity contribution is 0.104. The molecule has 1 aromatic heterocycles. The molecular weight excluding hydrogens is 348 g/mol. The molecule has 0 radical (unpaired) electrons. The topological polar surface area (TPSA) is 34.2 Å². The van der Waals surface area contributed by atoms with Gasteiger partial charge in [0.25, 0.3) is 0 Å². The van der Waals surface area contributed by atoms with Crippen LogP contribution in [0.3, 0.4) is 0 Å². The molecule has 1 aromatic carbocycles. The number of nitrogens with one attached hydrogen (secondary N) is 1. The van der Waals surface area contributed by atoms with Crippen molar-refractivity contribution in [1.82, 2.24) is 10.3 Å². The quantitative estimate of drug-likeness (QED) is 0.750. The Hall–Kier alpha value is -0.750. The van der Waals surface area contributed by atoms with Crippen molar-refractivity contribution < 1.29 is 4.74 Å². The van der Waals surface area contributed by atoms with Crippen molar-refractivity contribution in [2.75, 3.05) is 6.54 Å². The number of ether oxygens (including phenoxy) is 1. The smallest absolute Gasteiger partial charge is 0.107 e. The van der Waals surface area contributed by atoms with Gasteiger partial charge in [0.15, 0.2) is 0 Å². The van der Waals surface area contributed by atoms with Gasteiger partial charge in [-0.05, 0) is 24.1 Å². The number of benzene rings is 1. The van der Waals surface area contributed by atoms with Crippen molar-refractivity contribution in [3.63, 3.8) is 0 Å². The van der Waals surface area contributed by atoms with Crippen molar-refractivity contribution in [3.8, 4) is 0 Å². The van der Waals surface area contributed by atoms with Crippen LogP contribution in [0.15, 0.2) is 34.1 Å². The lowest BCUT2D eigenvalue weighted by atomic mass is 10.2. The maximum atomic E-state index is 5.74. The van der Waals surface area contributed by atoms with E-state index in [1.807, 2.05) is 18.2 Å². The highest BCUT2D eigenvalue weighted by molar-refractivity contribution is 9.10. The van der Waals surface area contributed by atoms with Gasteiger partial charge in [-0.3, -0.25) is 0 Å². The number of thiazole rings is 1. The molecule has 1 N–H and O–H groups in total. The van der Waals surface area contributed by atoms with E-state index in [1.165, 1.54) is 0 Å². The molecule has 2 rings (SSSR count). The lowest BCUT2D eigenvalue weighted by Gasteiger charge is -2.05. The summed E-state index contributed by atoms with van der Waals surface area (Å²) >= 11 is 5.21. The summed E-state index contributed by atoms with van der Waals surface area (Å²) in [5, 5.41) is 6.60. The van der Waals surface area contributed by atoms with Crippen LogP contribution in [0.4, 0.5) is 0 Å². The van der Waals surface area contributed by atoms with E-state index in [1.54, 1.807) is 11.3 Å². The summed E-state index contributed by atoms with van der Waals surface area (Å²) in [5.74, 6) is 0.664. The van der Waals surface area contributed by atoms with Crippen LogP contribution in [0.5, 0.6) is 0 Å². The summed E-state index contributed by atoms with van der Waals surface area (Å²) in [4.78, 5) is 4.58. The number of aromatic nitrogens is 1. The molecule has 114 valence electrons. The van der Waals surface area contributed by atoms with E-state index < -0.39 is 0 Å². The molecule has 5 heteroatoms. The summed E-state index contributed by atoms with van der Waals surface area (Å²) < 4.78 is 6.82. The maximum absolute atomic E-state index is 5.74. The van der Waals surface area contributed by atoms with Gasteiger partial charge in [0.05, 0.1) is 18.9 Å². The molecule has 2 aromatic rings. The van der Waals surface area contributed by atoms with Crippen LogP contribution in [0.2, 0.25) is 0 Å². The van der Waals surface area contributed by atoms with Crippen molar-refractivity contribution in [2.24, 2.45) is 5.92 Å². The minimum Gasteiger partial charge on any atom is -0.370 e. The first kappa shape index (κ1) is 16.6. The van der Waals surface area contributed by atoms with Gasteiger partial charge in [-0.1, -0.05) is 48.0 Å². The van der Waals surface area contributed by atoms with Gasteiger partial charge in [-0.15, -0.1) is 11.3 Å². The first-order valence-corrected chi connectivity index (χ1v) is 8.77. The number of hydrogen-bond donors (Lipinski definition) is 1. The van der Waals surface area contributed by atoms with Crippen LogP contribution in [0.1, 0.15) is 30.1 Å². The molecule has 0 bridgehead atoms. The monoisotopic (exact) mass is 368 g/mol. The van der Waals surface area contributed by atoms with E-state index in [9.17, 15) is 0 Å². The first-order chi connectivity index (χ1) is 10.1. The maximum Gasteiger partial charge on any atom is 0.107 e. The average molecular weight is 369 g/mol. The summed E-state index contributed by atoms with van der Waals surface area (Å²) in [6, 6.07) is 8.11. The van der Waals surface area contributed by atoms with Gasteiger partial charge in [0.2, 0.25) is 0 Å². The Kier molecular flexibility index (Phi) is 6.83. The molecule has 0 saturated carbocycles. The third-order valence-corrected chi connectivity index (χ3v) is 4.56. The summed E-state index contributed by atoms with van der Waals surface area (Å²) in [7, 11) is 0. The predicted octanol–water partition coefficient (Wildman–Crippen LogP) is 4.37. The largest absolute Gasteiger partial charge is 0.370 e. The molecule has 0 fully saturated rings. The van der Waals surface area contributed by atoms with Crippen LogP contribution in [-0.4, -0.2) is 11.5 Å². The van der Waals surface area contributed by atoms with Crippen molar-refractivity contribution in [3.05, 3.63) is 50.4 Å². The summed E-state index contributed by atoms with van der Waals surface area (Å²) in [6.45, 7) is 7.42. The van der Waals surface area contributed by atoms with E-state index in [4.69, 9.17) is 4.74 Å². The SMILES string of the molecule is CC(C)CNCc1nc(COCc2ccccc2Br)cs1. The normalized spacial score (nSPS) is 11.2. The molecule has 0 spiro atoms. The molecular formula is C16H21BrN2OS. The minimum absolute atomic E-state index is 0.558. The Balaban J connectivity index is 1.74. The summed E-state index contributed by atoms with van der Waals surface area (Å²) in [5.41, 5.74) is 2.17. The molecule has 3 nitrogen and oxygen atoms in total. The van der Waals surface area contributed by atoms with Crippen LogP contribution in [0.25, 0.3) is 0 Å². The highest BCUT2D eigenvalue weighted by Gasteiger charge is 2.04. The van der Waals surface area contributed by atoms with E-state index in [0.717, 1.165) is 33.8 Å². The molecule has 0 saturated heterocycles. The van der Waals surface area contributed by atoms with Crippen molar-refractivity contribution in [1.29, 1.82) is 0 Å². The Bertz CT molecular complexity index is 557. The van der Waals surface area contributed by atoms with Gasteiger partial charge in [0, 0.05) is 16.4 Å². The Labute approximate surface area is 138 Å². The van der Waals surface area contributed by atoms with Crippen molar-refractivity contribution >= 4 is 27.3 Å². The fraction of sp³-hybridized carbons (Fsp3) is 0.438. The predicted molar refractivity (Wildman–Crippen MR) is 91.3 cm³/mol. The zero-order valence-corrected chi connectivity index (χ0v) is 14.8. The van der Waals surface area contributed by atoms with Gasteiger partial charge in [-0.25, -0.2) is 4.98 Å². The highest BCUT2D eigenvalue weighted by Crippen LogP contribution is 2.17. The van der Waals surface area contributed by atoms with Gasteiger partial charge >= 0.3 is 0 Å². The fourth-order valence-electron chi connectivity index (χ4n) is 1.85. The van der Waals surface area contributed by atoms with Crippen LogP contribution < -0.4 is 5.32 Å². The molecule has 0 aliphatic rings. The molecule has 0 unspecified atom stereocenters. The second-order valence-electron chi connectivity index (χ2n) is 5.34. The molecule has 1 heterocycles. The number of nitrogens with zero attached hydrogens (tertiary/aromatic N) is 1. The van der Waals surface area contributed by atoms with Crippen LogP contribution >= 0.6 is 27.3 Å². The van der Waals surface area contributed by atoms with E-state index in [-0.39, 0.29) is 0 Å². The Morgan fingerprint density at radius 1 is 1.29 bits per heavy atom. The molecule has 0 aliphatic carbocycles. The van der Waals surface area contributed by atoms with Gasteiger partial charge in [0.1, 0.15) is 5.01 Å². The van der Waals surface area contributed by atoms with Crippen LogP contribution in [-0.2, 0) is 24.5 Å². The number of halogens is 1. The zero-order chi connectivity index (χ0) is 15.1. The third kappa shape index (κ3) is 5.87. The third-order valence-electron chi connectivity index (χ3n) is 2.89. The molecule has 21 heavy (non-hydrogen) atoms. The number of rotatable bonds is 8. The Morgan fingerprint density at radius 2 is 2.10 bits per heavy atom.